The van der Waals surface area contributed by atoms with Crippen LogP contribution >= 0.6 is 0 Å². The van der Waals surface area contributed by atoms with Crippen molar-refractivity contribution in [3.05, 3.63) is 120 Å². The Hall–Kier alpha value is -4.18. The molecule has 0 spiro atoms. The second kappa shape index (κ2) is 9.09. The highest BCUT2D eigenvalue weighted by molar-refractivity contribution is 5.94. The fraction of sp³-hybridized carbons (Fsp3) is 0. The molecule has 4 rings (SSSR count). The Kier molecular flexibility index (Phi) is 5.90. The number of hydrogen-bond acceptors (Lipinski definition) is 2. The van der Waals surface area contributed by atoms with Crippen molar-refractivity contribution in [1.29, 1.82) is 0 Å². The van der Waals surface area contributed by atoms with Crippen LogP contribution in [-0.2, 0) is 0 Å². The van der Waals surface area contributed by atoms with Gasteiger partial charge in [0, 0.05) is 0 Å². The van der Waals surface area contributed by atoms with Crippen molar-refractivity contribution in [2.75, 3.05) is 0 Å². The van der Waals surface area contributed by atoms with Gasteiger partial charge in [-0.1, -0.05) is 60.7 Å². The summed E-state index contributed by atoms with van der Waals surface area (Å²) in [6, 6.07) is 28.2. The zero-order chi connectivity index (χ0) is 21.6. The van der Waals surface area contributed by atoms with Crippen LogP contribution in [0.2, 0.25) is 0 Å². The lowest BCUT2D eigenvalue weighted by Crippen LogP contribution is -1.99. The number of ether oxygens (including phenoxy) is 1. The average molecular weight is 410 g/mol. The van der Waals surface area contributed by atoms with Gasteiger partial charge in [-0.2, -0.15) is 0 Å². The number of halogens is 1. The maximum Gasteiger partial charge on any atom is 0.336 e. The minimum Gasteiger partial charge on any atom is -0.478 e. The first kappa shape index (κ1) is 20.1. The number of carbonyl (C=O) groups is 1. The van der Waals surface area contributed by atoms with Gasteiger partial charge in [-0.3, -0.25) is 0 Å². The van der Waals surface area contributed by atoms with Gasteiger partial charge in [0.25, 0.3) is 0 Å². The predicted octanol–water partition coefficient (Wildman–Crippen LogP) is 7.15. The highest BCUT2D eigenvalue weighted by Crippen LogP contribution is 2.25. The molecule has 4 heteroatoms. The van der Waals surface area contributed by atoms with E-state index in [0.717, 1.165) is 22.4 Å². The summed E-state index contributed by atoms with van der Waals surface area (Å²) < 4.78 is 19.0. The monoisotopic (exact) mass is 410 g/mol. The molecule has 3 nitrogen and oxygen atoms in total. The van der Waals surface area contributed by atoms with Crippen LogP contribution in [0.25, 0.3) is 23.3 Å². The third-order valence-electron chi connectivity index (χ3n) is 4.77. The second-order valence-electron chi connectivity index (χ2n) is 6.93. The van der Waals surface area contributed by atoms with Crippen molar-refractivity contribution in [3.63, 3.8) is 0 Å². The van der Waals surface area contributed by atoms with E-state index in [1.165, 1.54) is 12.1 Å². The summed E-state index contributed by atoms with van der Waals surface area (Å²) in [7, 11) is 0. The second-order valence-corrected chi connectivity index (χ2v) is 6.93. The van der Waals surface area contributed by atoms with Crippen LogP contribution in [0, 0.1) is 5.82 Å². The molecule has 0 amide bonds. The van der Waals surface area contributed by atoms with Crippen molar-refractivity contribution in [2.45, 2.75) is 0 Å². The molecule has 0 saturated carbocycles. The average Bonchev–Trinajstić information content (AvgIpc) is 2.79. The van der Waals surface area contributed by atoms with Gasteiger partial charge >= 0.3 is 5.97 Å². The molecule has 0 heterocycles. The molecule has 0 aliphatic rings. The Bertz CT molecular complexity index is 1210. The first-order valence-electron chi connectivity index (χ1n) is 9.73. The molecule has 0 saturated heterocycles. The van der Waals surface area contributed by atoms with Gasteiger partial charge in [-0.25, -0.2) is 9.18 Å². The van der Waals surface area contributed by atoms with Gasteiger partial charge in [-0.05, 0) is 70.8 Å². The number of carboxylic acids is 1. The quantitative estimate of drug-likeness (QED) is 0.343. The number of para-hydroxylation sites is 1. The lowest BCUT2D eigenvalue weighted by atomic mass is 9.98. The Morgan fingerprint density at radius 3 is 2.06 bits per heavy atom. The zero-order valence-electron chi connectivity index (χ0n) is 16.5. The largest absolute Gasteiger partial charge is 0.478 e. The van der Waals surface area contributed by atoms with E-state index in [4.69, 9.17) is 4.74 Å². The zero-order valence-corrected chi connectivity index (χ0v) is 16.5. The van der Waals surface area contributed by atoms with Crippen molar-refractivity contribution in [3.8, 4) is 22.6 Å². The maximum atomic E-state index is 13.2. The molecular weight excluding hydrogens is 391 g/mol. The van der Waals surface area contributed by atoms with Crippen LogP contribution < -0.4 is 4.74 Å². The molecule has 152 valence electrons. The fourth-order valence-corrected chi connectivity index (χ4v) is 3.17. The lowest BCUT2D eigenvalue weighted by molar-refractivity contribution is 0.0696. The summed E-state index contributed by atoms with van der Waals surface area (Å²) in [6.45, 7) is 0. The van der Waals surface area contributed by atoms with Crippen molar-refractivity contribution >= 4 is 18.1 Å². The van der Waals surface area contributed by atoms with Crippen LogP contribution in [0.5, 0.6) is 11.5 Å². The summed E-state index contributed by atoms with van der Waals surface area (Å²) in [5.74, 6) is 0.157. The number of aromatic carboxylic acids is 1. The minimum absolute atomic E-state index is 0.200. The first-order valence-corrected chi connectivity index (χ1v) is 9.73. The predicted molar refractivity (Wildman–Crippen MR) is 121 cm³/mol. The van der Waals surface area contributed by atoms with Crippen LogP contribution in [-0.4, -0.2) is 11.1 Å². The highest BCUT2D eigenvalue weighted by atomic mass is 19.1. The molecule has 0 aliphatic carbocycles. The maximum absolute atomic E-state index is 13.2. The molecule has 31 heavy (non-hydrogen) atoms. The molecule has 4 aromatic carbocycles. The molecule has 0 aliphatic heterocycles. The standard InChI is InChI=1S/C27H19FO3/c28-23-13-10-20(11-14-23)21-12-17-26(27(29)30)22(18-21)9-6-19-7-15-25(16-8-19)31-24-4-2-1-3-5-24/h1-18H,(H,29,30). The highest BCUT2D eigenvalue weighted by Gasteiger charge is 2.10. The normalized spacial score (nSPS) is 10.9. The van der Waals surface area contributed by atoms with E-state index in [0.29, 0.717) is 11.3 Å². The third kappa shape index (κ3) is 5.06. The van der Waals surface area contributed by atoms with E-state index in [1.807, 2.05) is 60.7 Å². The van der Waals surface area contributed by atoms with Gasteiger partial charge in [0.15, 0.2) is 0 Å². The van der Waals surface area contributed by atoms with E-state index in [-0.39, 0.29) is 11.4 Å². The molecule has 0 unspecified atom stereocenters. The first-order chi connectivity index (χ1) is 15.1. The van der Waals surface area contributed by atoms with Crippen molar-refractivity contribution < 1.29 is 19.0 Å². The Balaban J connectivity index is 1.57. The van der Waals surface area contributed by atoms with Gasteiger partial charge in [0.2, 0.25) is 0 Å². The summed E-state index contributed by atoms with van der Waals surface area (Å²) in [5.41, 5.74) is 3.31. The Morgan fingerprint density at radius 1 is 0.742 bits per heavy atom. The van der Waals surface area contributed by atoms with E-state index in [2.05, 4.69) is 0 Å². The van der Waals surface area contributed by atoms with E-state index < -0.39 is 5.97 Å². The molecule has 0 atom stereocenters. The van der Waals surface area contributed by atoms with Crippen LogP contribution in [0.15, 0.2) is 97.1 Å². The molecule has 0 radical (unpaired) electrons. The smallest absolute Gasteiger partial charge is 0.336 e. The van der Waals surface area contributed by atoms with Crippen molar-refractivity contribution in [2.24, 2.45) is 0 Å². The number of rotatable bonds is 6. The molecule has 4 aromatic rings. The summed E-state index contributed by atoms with van der Waals surface area (Å²) in [5, 5.41) is 9.54. The Morgan fingerprint density at radius 2 is 1.39 bits per heavy atom. The van der Waals surface area contributed by atoms with Crippen molar-refractivity contribution in [1.82, 2.24) is 0 Å². The summed E-state index contributed by atoms with van der Waals surface area (Å²) >= 11 is 0. The lowest BCUT2D eigenvalue weighted by Gasteiger charge is -2.07. The van der Waals surface area contributed by atoms with Crippen LogP contribution in [0.4, 0.5) is 4.39 Å². The van der Waals surface area contributed by atoms with Crippen LogP contribution in [0.1, 0.15) is 21.5 Å². The molecule has 1 N–H and O–H groups in total. The Labute approximate surface area is 179 Å². The number of hydrogen-bond donors (Lipinski definition) is 1. The van der Waals surface area contributed by atoms with E-state index >= 15 is 0 Å². The van der Waals surface area contributed by atoms with Gasteiger partial charge < -0.3 is 9.84 Å². The topological polar surface area (TPSA) is 46.5 Å². The summed E-state index contributed by atoms with van der Waals surface area (Å²) in [4.78, 5) is 11.6. The number of carboxylic acid groups (broad SMARTS) is 1. The molecular formula is C27H19FO3. The van der Waals surface area contributed by atoms with E-state index in [1.54, 1.807) is 36.4 Å². The minimum atomic E-state index is -1.00. The van der Waals surface area contributed by atoms with Gasteiger partial charge in [0.1, 0.15) is 17.3 Å². The van der Waals surface area contributed by atoms with Gasteiger partial charge in [0.05, 0.1) is 5.56 Å². The third-order valence-corrected chi connectivity index (χ3v) is 4.77. The number of benzene rings is 4. The molecule has 0 aromatic heterocycles. The molecule has 0 bridgehead atoms. The SMILES string of the molecule is O=C(O)c1ccc(-c2ccc(F)cc2)cc1C=Cc1ccc(Oc2ccccc2)cc1. The van der Waals surface area contributed by atoms with Gasteiger partial charge in [-0.15, -0.1) is 0 Å². The molecule has 0 fully saturated rings. The van der Waals surface area contributed by atoms with Crippen LogP contribution in [0.3, 0.4) is 0 Å². The fourth-order valence-electron chi connectivity index (χ4n) is 3.17. The van der Waals surface area contributed by atoms with E-state index in [9.17, 15) is 14.3 Å². The summed E-state index contributed by atoms with van der Waals surface area (Å²) in [6.07, 6.45) is 3.62.